The summed E-state index contributed by atoms with van der Waals surface area (Å²) in [4.78, 5) is 8.11. The maximum atomic E-state index is 9.33. The van der Waals surface area contributed by atoms with Crippen molar-refractivity contribution in [3.63, 3.8) is 0 Å². The Morgan fingerprint density at radius 1 is 1.60 bits per heavy atom. The van der Waals surface area contributed by atoms with Crippen LogP contribution in [0.25, 0.3) is 0 Å². The van der Waals surface area contributed by atoms with Gasteiger partial charge in [-0.05, 0) is 12.8 Å². The van der Waals surface area contributed by atoms with Gasteiger partial charge in [-0.1, -0.05) is 6.92 Å². The number of nitrogens with one attached hydrogen (secondary N) is 1. The van der Waals surface area contributed by atoms with E-state index in [1.165, 1.54) is 0 Å². The molecule has 1 rings (SSSR count). The molecule has 0 aromatic carbocycles. The lowest BCUT2D eigenvalue weighted by Crippen LogP contribution is -2.13. The molecule has 0 aliphatic rings. The van der Waals surface area contributed by atoms with Gasteiger partial charge in [0.1, 0.15) is 0 Å². The number of aromatic nitrogens is 2. The maximum Gasteiger partial charge on any atom is 0.225 e. The van der Waals surface area contributed by atoms with Crippen molar-refractivity contribution in [3.8, 4) is 5.88 Å². The first-order chi connectivity index (χ1) is 7.26. The molecule has 1 unspecified atom stereocenters. The van der Waals surface area contributed by atoms with Gasteiger partial charge in [-0.25, -0.2) is 4.98 Å². The highest BCUT2D eigenvalue weighted by atomic mass is 16.5. The lowest BCUT2D eigenvalue weighted by Gasteiger charge is -2.08. The van der Waals surface area contributed by atoms with Crippen molar-refractivity contribution in [2.24, 2.45) is 0 Å². The van der Waals surface area contributed by atoms with Crippen LogP contribution in [-0.2, 0) is 0 Å². The number of methoxy groups -OCH3 is 1. The van der Waals surface area contributed by atoms with Gasteiger partial charge in [0.15, 0.2) is 0 Å². The Kier molecular flexibility index (Phi) is 4.83. The van der Waals surface area contributed by atoms with E-state index in [0.717, 1.165) is 6.42 Å². The molecule has 1 heterocycles. The van der Waals surface area contributed by atoms with E-state index in [1.807, 2.05) is 6.92 Å². The first-order valence-electron chi connectivity index (χ1n) is 5.05. The number of rotatable bonds is 6. The van der Waals surface area contributed by atoms with Crippen LogP contribution in [0.2, 0.25) is 0 Å². The Bertz CT molecular complexity index is 294. The standard InChI is InChI=1S/C10H17N3O2/c1-3-8(14)4-6-11-10-12-7-5-9(13-10)15-2/h5,7-8,14H,3-4,6H2,1-2H3,(H,11,12,13). The minimum atomic E-state index is -0.261. The van der Waals surface area contributed by atoms with E-state index in [2.05, 4.69) is 15.3 Å². The third-order valence-electron chi connectivity index (χ3n) is 2.07. The number of aliphatic hydroxyl groups is 1. The molecule has 5 nitrogen and oxygen atoms in total. The molecule has 0 aliphatic carbocycles. The first kappa shape index (κ1) is 11.7. The van der Waals surface area contributed by atoms with Gasteiger partial charge in [0.05, 0.1) is 13.2 Å². The van der Waals surface area contributed by atoms with E-state index >= 15 is 0 Å². The Morgan fingerprint density at radius 3 is 3.07 bits per heavy atom. The molecule has 0 fully saturated rings. The number of hydrogen-bond donors (Lipinski definition) is 2. The number of ether oxygens (including phenoxy) is 1. The summed E-state index contributed by atoms with van der Waals surface area (Å²) in [5, 5.41) is 12.4. The van der Waals surface area contributed by atoms with Crippen LogP contribution in [0.4, 0.5) is 5.95 Å². The van der Waals surface area contributed by atoms with Gasteiger partial charge < -0.3 is 15.2 Å². The Hall–Kier alpha value is -1.36. The van der Waals surface area contributed by atoms with Crippen LogP contribution in [0, 0.1) is 0 Å². The van der Waals surface area contributed by atoms with Crippen molar-refractivity contribution in [1.82, 2.24) is 9.97 Å². The van der Waals surface area contributed by atoms with Crippen LogP contribution in [0.15, 0.2) is 12.3 Å². The summed E-state index contributed by atoms with van der Waals surface area (Å²) >= 11 is 0. The zero-order valence-electron chi connectivity index (χ0n) is 9.10. The fraction of sp³-hybridized carbons (Fsp3) is 0.600. The largest absolute Gasteiger partial charge is 0.481 e. The van der Waals surface area contributed by atoms with Crippen LogP contribution in [0.3, 0.4) is 0 Å². The molecule has 0 saturated heterocycles. The van der Waals surface area contributed by atoms with Crippen molar-refractivity contribution in [2.45, 2.75) is 25.9 Å². The van der Waals surface area contributed by atoms with Crippen LogP contribution in [-0.4, -0.2) is 34.8 Å². The summed E-state index contributed by atoms with van der Waals surface area (Å²) in [6.07, 6.45) is 2.82. The molecule has 5 heteroatoms. The second-order valence-electron chi connectivity index (χ2n) is 3.20. The predicted octanol–water partition coefficient (Wildman–Crippen LogP) is 1.06. The summed E-state index contributed by atoms with van der Waals surface area (Å²) < 4.78 is 4.96. The molecule has 84 valence electrons. The second kappa shape index (κ2) is 6.19. The number of hydrogen-bond acceptors (Lipinski definition) is 5. The fourth-order valence-corrected chi connectivity index (χ4v) is 1.10. The maximum absolute atomic E-state index is 9.33. The number of nitrogens with zero attached hydrogens (tertiary/aromatic N) is 2. The van der Waals surface area contributed by atoms with Crippen LogP contribution in [0.1, 0.15) is 19.8 Å². The Balaban J connectivity index is 2.37. The van der Waals surface area contributed by atoms with Gasteiger partial charge in [-0.3, -0.25) is 0 Å². The molecule has 1 aromatic rings. The van der Waals surface area contributed by atoms with Crippen molar-refractivity contribution >= 4 is 5.95 Å². The van der Waals surface area contributed by atoms with Crippen LogP contribution < -0.4 is 10.1 Å². The average molecular weight is 211 g/mol. The minimum absolute atomic E-state index is 0.261. The van der Waals surface area contributed by atoms with Gasteiger partial charge >= 0.3 is 0 Å². The van der Waals surface area contributed by atoms with Gasteiger partial charge in [-0.2, -0.15) is 4.98 Å². The van der Waals surface area contributed by atoms with E-state index in [-0.39, 0.29) is 6.10 Å². The summed E-state index contributed by atoms with van der Waals surface area (Å²) in [5.41, 5.74) is 0. The highest BCUT2D eigenvalue weighted by Gasteiger charge is 2.01. The molecule has 0 radical (unpaired) electrons. The number of anilines is 1. The molecule has 0 saturated carbocycles. The molecule has 0 bridgehead atoms. The third-order valence-corrected chi connectivity index (χ3v) is 2.07. The molecule has 0 spiro atoms. The van der Waals surface area contributed by atoms with Gasteiger partial charge in [0, 0.05) is 18.8 Å². The van der Waals surface area contributed by atoms with Crippen molar-refractivity contribution < 1.29 is 9.84 Å². The quantitative estimate of drug-likeness (QED) is 0.736. The van der Waals surface area contributed by atoms with E-state index < -0.39 is 0 Å². The molecule has 2 N–H and O–H groups in total. The Morgan fingerprint density at radius 2 is 2.40 bits per heavy atom. The normalized spacial score (nSPS) is 12.2. The van der Waals surface area contributed by atoms with Gasteiger partial charge in [0.25, 0.3) is 0 Å². The van der Waals surface area contributed by atoms with Crippen LogP contribution in [0.5, 0.6) is 5.88 Å². The fourth-order valence-electron chi connectivity index (χ4n) is 1.10. The average Bonchev–Trinajstić information content (AvgIpc) is 2.29. The summed E-state index contributed by atoms with van der Waals surface area (Å²) in [7, 11) is 1.56. The predicted molar refractivity (Wildman–Crippen MR) is 58.0 cm³/mol. The SMILES string of the molecule is CCC(O)CCNc1nccc(OC)n1. The van der Waals surface area contributed by atoms with Crippen molar-refractivity contribution in [2.75, 3.05) is 19.0 Å². The zero-order valence-corrected chi connectivity index (χ0v) is 9.10. The summed E-state index contributed by atoms with van der Waals surface area (Å²) in [6.45, 7) is 2.61. The molecule has 15 heavy (non-hydrogen) atoms. The lowest BCUT2D eigenvalue weighted by molar-refractivity contribution is 0.164. The van der Waals surface area contributed by atoms with Crippen LogP contribution >= 0.6 is 0 Å². The van der Waals surface area contributed by atoms with Crippen molar-refractivity contribution in [3.05, 3.63) is 12.3 Å². The zero-order chi connectivity index (χ0) is 11.1. The summed E-state index contributed by atoms with van der Waals surface area (Å²) in [6, 6.07) is 1.69. The van der Waals surface area contributed by atoms with E-state index in [4.69, 9.17) is 4.74 Å². The smallest absolute Gasteiger partial charge is 0.225 e. The van der Waals surface area contributed by atoms with E-state index in [9.17, 15) is 5.11 Å². The molecule has 1 aromatic heterocycles. The highest BCUT2D eigenvalue weighted by Crippen LogP contribution is 2.07. The highest BCUT2D eigenvalue weighted by molar-refractivity contribution is 5.27. The minimum Gasteiger partial charge on any atom is -0.481 e. The molecular formula is C10H17N3O2. The van der Waals surface area contributed by atoms with E-state index in [1.54, 1.807) is 19.4 Å². The van der Waals surface area contributed by atoms with Gasteiger partial charge in [0.2, 0.25) is 11.8 Å². The molecular weight excluding hydrogens is 194 g/mol. The second-order valence-corrected chi connectivity index (χ2v) is 3.20. The lowest BCUT2D eigenvalue weighted by atomic mass is 10.2. The van der Waals surface area contributed by atoms with Crippen molar-refractivity contribution in [1.29, 1.82) is 0 Å². The molecule has 0 amide bonds. The Labute approximate surface area is 89.5 Å². The summed E-state index contributed by atoms with van der Waals surface area (Å²) in [5.74, 6) is 1.06. The molecule has 1 atom stereocenters. The van der Waals surface area contributed by atoms with Gasteiger partial charge in [-0.15, -0.1) is 0 Å². The molecule has 0 aliphatic heterocycles. The number of aliphatic hydroxyl groups excluding tert-OH is 1. The first-order valence-corrected chi connectivity index (χ1v) is 5.05. The van der Waals surface area contributed by atoms with E-state index in [0.29, 0.717) is 24.8 Å². The monoisotopic (exact) mass is 211 g/mol. The topological polar surface area (TPSA) is 67.3 Å². The third kappa shape index (κ3) is 4.12.